The van der Waals surface area contributed by atoms with Gasteiger partial charge in [-0.25, -0.2) is 9.97 Å². The van der Waals surface area contributed by atoms with Crippen molar-refractivity contribution in [2.75, 3.05) is 24.5 Å². The molecule has 7 heteroatoms. The molecule has 1 aliphatic heterocycles. The largest absolute Gasteiger partial charge is 0.350 e. The van der Waals surface area contributed by atoms with Crippen LogP contribution in [0.2, 0.25) is 5.02 Å². The Kier molecular flexibility index (Phi) is 5.02. The Morgan fingerprint density at radius 3 is 2.83 bits per heavy atom. The molecule has 1 N–H and O–H groups in total. The fourth-order valence-electron chi connectivity index (χ4n) is 2.52. The number of halogens is 1. The standard InChI is InChI=1S/C16H18ClN5O/c17-13-11-20-16(22-9-3-4-10-22)21-14(13)15(23)19-8-6-12-5-1-2-7-18-12/h1-2,5,7,11H,3-4,6,8-10H2,(H,19,23). The van der Waals surface area contributed by atoms with E-state index in [9.17, 15) is 4.79 Å². The minimum Gasteiger partial charge on any atom is -0.350 e. The van der Waals surface area contributed by atoms with Crippen molar-refractivity contribution in [3.63, 3.8) is 0 Å². The highest BCUT2D eigenvalue weighted by molar-refractivity contribution is 6.33. The second kappa shape index (κ2) is 7.37. The fourth-order valence-corrected chi connectivity index (χ4v) is 2.70. The quantitative estimate of drug-likeness (QED) is 0.908. The van der Waals surface area contributed by atoms with E-state index in [1.807, 2.05) is 18.2 Å². The van der Waals surface area contributed by atoms with Crippen molar-refractivity contribution in [2.45, 2.75) is 19.3 Å². The maximum atomic E-state index is 12.3. The first-order valence-electron chi connectivity index (χ1n) is 7.69. The zero-order valence-corrected chi connectivity index (χ0v) is 13.5. The lowest BCUT2D eigenvalue weighted by Crippen LogP contribution is -2.28. The second-order valence-corrected chi connectivity index (χ2v) is 5.79. The Balaban J connectivity index is 1.63. The Labute approximate surface area is 139 Å². The zero-order chi connectivity index (χ0) is 16.1. The van der Waals surface area contributed by atoms with Crippen LogP contribution in [0.3, 0.4) is 0 Å². The third kappa shape index (κ3) is 3.96. The van der Waals surface area contributed by atoms with Crippen molar-refractivity contribution in [3.05, 3.63) is 47.0 Å². The Morgan fingerprint density at radius 2 is 2.09 bits per heavy atom. The molecule has 6 nitrogen and oxygen atoms in total. The van der Waals surface area contributed by atoms with E-state index in [-0.39, 0.29) is 16.6 Å². The number of hydrogen-bond donors (Lipinski definition) is 1. The van der Waals surface area contributed by atoms with Crippen LogP contribution in [0.15, 0.2) is 30.6 Å². The highest BCUT2D eigenvalue weighted by atomic mass is 35.5. The molecule has 0 unspecified atom stereocenters. The van der Waals surface area contributed by atoms with E-state index in [0.717, 1.165) is 31.6 Å². The number of nitrogens with one attached hydrogen (secondary N) is 1. The first kappa shape index (κ1) is 15.7. The Bertz CT molecular complexity index is 673. The van der Waals surface area contributed by atoms with Crippen molar-refractivity contribution >= 4 is 23.5 Å². The van der Waals surface area contributed by atoms with E-state index in [1.165, 1.54) is 6.20 Å². The third-order valence-electron chi connectivity index (χ3n) is 3.73. The minimum absolute atomic E-state index is 0.226. The summed E-state index contributed by atoms with van der Waals surface area (Å²) in [7, 11) is 0. The summed E-state index contributed by atoms with van der Waals surface area (Å²) in [4.78, 5) is 27.2. The van der Waals surface area contributed by atoms with E-state index >= 15 is 0 Å². The van der Waals surface area contributed by atoms with Gasteiger partial charge in [-0.3, -0.25) is 9.78 Å². The lowest BCUT2D eigenvalue weighted by atomic mass is 10.2. The van der Waals surface area contributed by atoms with Crippen LogP contribution in [-0.4, -0.2) is 40.5 Å². The van der Waals surface area contributed by atoms with Gasteiger partial charge in [0, 0.05) is 37.9 Å². The smallest absolute Gasteiger partial charge is 0.271 e. The number of aromatic nitrogens is 3. The molecule has 0 aromatic carbocycles. The molecule has 0 spiro atoms. The third-order valence-corrected chi connectivity index (χ3v) is 4.00. The first-order valence-corrected chi connectivity index (χ1v) is 8.07. The molecule has 23 heavy (non-hydrogen) atoms. The molecule has 0 bridgehead atoms. The molecule has 0 atom stereocenters. The second-order valence-electron chi connectivity index (χ2n) is 5.39. The molecule has 3 rings (SSSR count). The number of carbonyl (C=O) groups excluding carboxylic acids is 1. The van der Waals surface area contributed by atoms with Gasteiger partial charge in [-0.2, -0.15) is 0 Å². The first-order chi connectivity index (χ1) is 11.2. The van der Waals surface area contributed by atoms with Crippen molar-refractivity contribution in [3.8, 4) is 0 Å². The number of pyridine rings is 1. The van der Waals surface area contributed by atoms with Gasteiger partial charge >= 0.3 is 0 Å². The van der Waals surface area contributed by atoms with Gasteiger partial charge < -0.3 is 10.2 Å². The van der Waals surface area contributed by atoms with E-state index in [4.69, 9.17) is 11.6 Å². The Morgan fingerprint density at radius 1 is 1.26 bits per heavy atom. The number of carbonyl (C=O) groups is 1. The highest BCUT2D eigenvalue weighted by Gasteiger charge is 2.19. The number of nitrogens with zero attached hydrogens (tertiary/aromatic N) is 4. The van der Waals surface area contributed by atoms with E-state index in [0.29, 0.717) is 18.9 Å². The maximum absolute atomic E-state index is 12.3. The van der Waals surface area contributed by atoms with Gasteiger partial charge in [0.1, 0.15) is 0 Å². The summed E-state index contributed by atoms with van der Waals surface area (Å²) < 4.78 is 0. The van der Waals surface area contributed by atoms with Crippen molar-refractivity contribution in [1.82, 2.24) is 20.3 Å². The molecule has 0 aliphatic carbocycles. The van der Waals surface area contributed by atoms with Crippen LogP contribution in [-0.2, 0) is 6.42 Å². The number of amides is 1. The van der Waals surface area contributed by atoms with Crippen molar-refractivity contribution in [1.29, 1.82) is 0 Å². The van der Waals surface area contributed by atoms with Crippen LogP contribution in [0, 0.1) is 0 Å². The Hall–Kier alpha value is -2.21. The SMILES string of the molecule is O=C(NCCc1ccccn1)c1nc(N2CCCC2)ncc1Cl. The average molecular weight is 332 g/mol. The highest BCUT2D eigenvalue weighted by Crippen LogP contribution is 2.19. The van der Waals surface area contributed by atoms with Gasteiger partial charge in [-0.15, -0.1) is 0 Å². The monoisotopic (exact) mass is 331 g/mol. The summed E-state index contributed by atoms with van der Waals surface area (Å²) in [6.07, 6.45) is 6.14. The van der Waals surface area contributed by atoms with Gasteiger partial charge in [0.2, 0.25) is 5.95 Å². The van der Waals surface area contributed by atoms with Gasteiger partial charge in [0.05, 0.1) is 11.2 Å². The summed E-state index contributed by atoms with van der Waals surface area (Å²) >= 11 is 6.08. The lowest BCUT2D eigenvalue weighted by Gasteiger charge is -2.15. The van der Waals surface area contributed by atoms with Gasteiger partial charge in [-0.1, -0.05) is 17.7 Å². The van der Waals surface area contributed by atoms with E-state index in [1.54, 1.807) is 6.20 Å². The molecule has 120 valence electrons. The molecular weight excluding hydrogens is 314 g/mol. The van der Waals surface area contributed by atoms with Gasteiger partial charge in [0.15, 0.2) is 5.69 Å². The predicted molar refractivity (Wildman–Crippen MR) is 88.8 cm³/mol. The molecule has 2 aromatic heterocycles. The molecule has 1 amide bonds. The normalized spacial score (nSPS) is 14.0. The topological polar surface area (TPSA) is 71.0 Å². The molecular formula is C16H18ClN5O. The van der Waals surface area contributed by atoms with Crippen LogP contribution in [0.5, 0.6) is 0 Å². The summed E-state index contributed by atoms with van der Waals surface area (Å²) in [5.74, 6) is 0.288. The van der Waals surface area contributed by atoms with Crippen LogP contribution >= 0.6 is 11.6 Å². The fraction of sp³-hybridized carbons (Fsp3) is 0.375. The van der Waals surface area contributed by atoms with Crippen LogP contribution in [0.4, 0.5) is 5.95 Å². The van der Waals surface area contributed by atoms with Gasteiger partial charge in [-0.05, 0) is 25.0 Å². The molecule has 1 aliphatic rings. The number of rotatable bonds is 5. The van der Waals surface area contributed by atoms with E-state index < -0.39 is 0 Å². The molecule has 3 heterocycles. The zero-order valence-electron chi connectivity index (χ0n) is 12.7. The maximum Gasteiger partial charge on any atom is 0.271 e. The summed E-state index contributed by atoms with van der Waals surface area (Å²) in [6.45, 7) is 2.32. The van der Waals surface area contributed by atoms with Crippen molar-refractivity contribution < 1.29 is 4.79 Å². The summed E-state index contributed by atoms with van der Waals surface area (Å²) in [5.41, 5.74) is 1.16. The predicted octanol–water partition coefficient (Wildman–Crippen LogP) is 2.10. The molecule has 2 aromatic rings. The molecule has 0 radical (unpaired) electrons. The minimum atomic E-state index is -0.284. The number of anilines is 1. The number of hydrogen-bond acceptors (Lipinski definition) is 5. The summed E-state index contributed by atoms with van der Waals surface area (Å²) in [5, 5.41) is 3.10. The molecule has 1 fully saturated rings. The average Bonchev–Trinajstić information content (AvgIpc) is 3.10. The summed E-state index contributed by atoms with van der Waals surface area (Å²) in [6, 6.07) is 5.71. The van der Waals surface area contributed by atoms with Crippen LogP contribution in [0.25, 0.3) is 0 Å². The van der Waals surface area contributed by atoms with Crippen LogP contribution in [0.1, 0.15) is 29.0 Å². The molecule has 1 saturated heterocycles. The molecule has 0 saturated carbocycles. The van der Waals surface area contributed by atoms with Crippen LogP contribution < -0.4 is 10.2 Å². The van der Waals surface area contributed by atoms with E-state index in [2.05, 4.69) is 25.2 Å². The van der Waals surface area contributed by atoms with Crippen molar-refractivity contribution in [2.24, 2.45) is 0 Å². The van der Waals surface area contributed by atoms with Gasteiger partial charge in [0.25, 0.3) is 5.91 Å². The lowest BCUT2D eigenvalue weighted by molar-refractivity contribution is 0.0949.